The van der Waals surface area contributed by atoms with Crippen molar-refractivity contribution in [1.82, 2.24) is 0 Å². The van der Waals surface area contributed by atoms with Gasteiger partial charge >= 0.3 is 5.30 Å². The first kappa shape index (κ1) is 18.4. The van der Waals surface area contributed by atoms with Gasteiger partial charge in [-0.15, -0.1) is 0 Å². The van der Waals surface area contributed by atoms with E-state index in [0.717, 1.165) is 37.4 Å². The van der Waals surface area contributed by atoms with Gasteiger partial charge in [-0.3, -0.25) is 10.1 Å². The number of ether oxygens (including phenoxy) is 1. The van der Waals surface area contributed by atoms with Crippen LogP contribution < -0.4 is 0 Å². The lowest BCUT2D eigenvalue weighted by Gasteiger charge is -2.13. The number of hydrogen-bond acceptors (Lipinski definition) is 6. The zero-order valence-corrected chi connectivity index (χ0v) is 13.4. The molecule has 0 aliphatic carbocycles. The lowest BCUT2D eigenvalue weighted by Crippen LogP contribution is -2.07. The standard InChI is InChI=1S/C15H21NO5S/c1-12(13-8-4-5-9-14(13)16(19)20)21-15(18)22-11-7-3-2-6-10-17/h4-5,8-9,12,17H,2-3,6-7,10-11H2,1H3. The Labute approximate surface area is 134 Å². The van der Waals surface area contributed by atoms with Gasteiger partial charge in [0, 0.05) is 18.4 Å². The minimum absolute atomic E-state index is 0.0446. The molecule has 0 heterocycles. The van der Waals surface area contributed by atoms with E-state index < -0.39 is 16.3 Å². The Hall–Kier alpha value is -1.60. The van der Waals surface area contributed by atoms with Crippen molar-refractivity contribution in [1.29, 1.82) is 0 Å². The third-order valence-corrected chi connectivity index (χ3v) is 3.94. The van der Waals surface area contributed by atoms with Crippen LogP contribution in [0.15, 0.2) is 24.3 Å². The molecule has 0 saturated carbocycles. The molecule has 122 valence electrons. The second-order valence-electron chi connectivity index (χ2n) is 4.81. The van der Waals surface area contributed by atoms with E-state index in [9.17, 15) is 14.9 Å². The van der Waals surface area contributed by atoms with Crippen molar-refractivity contribution in [2.24, 2.45) is 0 Å². The first-order chi connectivity index (χ1) is 10.6. The Kier molecular flexibility index (Phi) is 8.54. The number of benzene rings is 1. The number of carbonyl (C=O) groups excluding carboxylic acids is 1. The molecular formula is C15H21NO5S. The molecule has 1 aromatic rings. The molecule has 0 bridgehead atoms. The lowest BCUT2D eigenvalue weighted by atomic mass is 10.1. The van der Waals surface area contributed by atoms with E-state index in [2.05, 4.69) is 0 Å². The summed E-state index contributed by atoms with van der Waals surface area (Å²) in [5.74, 6) is 0.647. The van der Waals surface area contributed by atoms with Gasteiger partial charge in [0.25, 0.3) is 5.69 Å². The van der Waals surface area contributed by atoms with Crippen LogP contribution in [0.2, 0.25) is 0 Å². The molecule has 0 aliphatic rings. The van der Waals surface area contributed by atoms with Crippen LogP contribution in [0.25, 0.3) is 0 Å². The Balaban J connectivity index is 2.40. The zero-order valence-electron chi connectivity index (χ0n) is 12.6. The SMILES string of the molecule is CC(OC(=O)SCCCCCCO)c1ccccc1[N+](=O)[O-]. The van der Waals surface area contributed by atoms with Crippen LogP contribution in [-0.2, 0) is 4.74 Å². The number of rotatable bonds is 9. The second kappa shape index (κ2) is 10.2. The molecule has 1 rings (SSSR count). The maximum absolute atomic E-state index is 11.7. The largest absolute Gasteiger partial charge is 0.449 e. The maximum atomic E-state index is 11.7. The van der Waals surface area contributed by atoms with Gasteiger partial charge in [0.1, 0.15) is 6.10 Å². The highest BCUT2D eigenvalue weighted by atomic mass is 32.2. The molecule has 0 radical (unpaired) electrons. The smallest absolute Gasteiger partial charge is 0.367 e. The minimum Gasteiger partial charge on any atom is -0.449 e. The topological polar surface area (TPSA) is 89.7 Å². The number of aliphatic hydroxyl groups is 1. The fraction of sp³-hybridized carbons (Fsp3) is 0.533. The fourth-order valence-electron chi connectivity index (χ4n) is 1.96. The van der Waals surface area contributed by atoms with E-state index in [1.54, 1.807) is 25.1 Å². The van der Waals surface area contributed by atoms with E-state index in [1.165, 1.54) is 6.07 Å². The molecule has 0 fully saturated rings. The summed E-state index contributed by atoms with van der Waals surface area (Å²) in [5.41, 5.74) is 0.348. The van der Waals surface area contributed by atoms with Crippen molar-refractivity contribution in [3.05, 3.63) is 39.9 Å². The zero-order chi connectivity index (χ0) is 16.4. The van der Waals surface area contributed by atoms with Crippen molar-refractivity contribution >= 4 is 22.8 Å². The average Bonchev–Trinajstić information content (AvgIpc) is 2.50. The van der Waals surface area contributed by atoms with Crippen molar-refractivity contribution in [3.63, 3.8) is 0 Å². The van der Waals surface area contributed by atoms with Crippen LogP contribution in [-0.4, -0.2) is 27.7 Å². The van der Waals surface area contributed by atoms with Gasteiger partial charge in [0.15, 0.2) is 0 Å². The van der Waals surface area contributed by atoms with Crippen molar-refractivity contribution in [2.75, 3.05) is 12.4 Å². The molecule has 0 aromatic heterocycles. The van der Waals surface area contributed by atoms with Gasteiger partial charge in [-0.05, 0) is 37.6 Å². The van der Waals surface area contributed by atoms with E-state index in [4.69, 9.17) is 9.84 Å². The Morgan fingerprint density at radius 1 is 1.32 bits per heavy atom. The highest BCUT2D eigenvalue weighted by Crippen LogP contribution is 2.28. The van der Waals surface area contributed by atoms with E-state index in [-0.39, 0.29) is 12.3 Å². The molecule has 0 aliphatic heterocycles. The summed E-state index contributed by atoms with van der Waals surface area (Å²) in [6, 6.07) is 6.25. The molecule has 1 unspecified atom stereocenters. The molecule has 22 heavy (non-hydrogen) atoms. The number of nitro groups is 1. The van der Waals surface area contributed by atoms with Crippen molar-refractivity contribution in [3.8, 4) is 0 Å². The molecule has 1 N–H and O–H groups in total. The molecule has 1 aromatic carbocycles. The summed E-state index contributed by atoms with van der Waals surface area (Å²) >= 11 is 1.08. The molecule has 6 nitrogen and oxygen atoms in total. The molecular weight excluding hydrogens is 306 g/mol. The summed E-state index contributed by atoms with van der Waals surface area (Å²) < 4.78 is 5.23. The summed E-state index contributed by atoms with van der Waals surface area (Å²) in [4.78, 5) is 22.2. The van der Waals surface area contributed by atoms with Gasteiger partial charge in [-0.25, -0.2) is 4.79 Å². The predicted molar refractivity (Wildman–Crippen MR) is 86.0 cm³/mol. The summed E-state index contributed by atoms with van der Waals surface area (Å²) in [6.45, 7) is 1.82. The van der Waals surface area contributed by atoms with Gasteiger partial charge < -0.3 is 9.84 Å². The predicted octanol–water partition coefficient (Wildman–Crippen LogP) is 4.08. The van der Waals surface area contributed by atoms with Gasteiger partial charge in [-0.1, -0.05) is 25.0 Å². The number of nitrogens with zero attached hydrogens (tertiary/aromatic N) is 1. The Morgan fingerprint density at radius 3 is 2.68 bits per heavy atom. The van der Waals surface area contributed by atoms with Crippen LogP contribution >= 0.6 is 11.8 Å². The first-order valence-corrected chi connectivity index (χ1v) is 8.22. The normalized spacial score (nSPS) is 11.9. The van der Waals surface area contributed by atoms with Crippen LogP contribution in [0.3, 0.4) is 0 Å². The first-order valence-electron chi connectivity index (χ1n) is 7.24. The quantitative estimate of drug-likeness (QED) is 0.318. The average molecular weight is 327 g/mol. The minimum atomic E-state index is -0.656. The summed E-state index contributed by atoms with van der Waals surface area (Å²) in [7, 11) is 0. The third kappa shape index (κ3) is 6.44. The second-order valence-corrected chi connectivity index (χ2v) is 5.84. The summed E-state index contributed by atoms with van der Waals surface area (Å²) in [5, 5.41) is 19.2. The van der Waals surface area contributed by atoms with Crippen LogP contribution in [0.1, 0.15) is 44.3 Å². The maximum Gasteiger partial charge on any atom is 0.367 e. The van der Waals surface area contributed by atoms with Gasteiger partial charge in [0.2, 0.25) is 0 Å². The molecule has 0 amide bonds. The van der Waals surface area contributed by atoms with Crippen LogP contribution in [0, 0.1) is 10.1 Å². The lowest BCUT2D eigenvalue weighted by molar-refractivity contribution is -0.386. The third-order valence-electron chi connectivity index (χ3n) is 3.12. The molecule has 1 atom stereocenters. The number of carbonyl (C=O) groups is 1. The number of para-hydroxylation sites is 1. The number of unbranched alkanes of at least 4 members (excludes halogenated alkanes) is 3. The van der Waals surface area contributed by atoms with E-state index in [0.29, 0.717) is 11.3 Å². The fourth-order valence-corrected chi connectivity index (χ4v) is 2.69. The van der Waals surface area contributed by atoms with Crippen LogP contribution in [0.5, 0.6) is 0 Å². The van der Waals surface area contributed by atoms with Crippen molar-refractivity contribution < 1.29 is 19.6 Å². The Bertz CT molecular complexity index is 495. The molecule has 0 spiro atoms. The summed E-state index contributed by atoms with van der Waals surface area (Å²) in [6.07, 6.45) is 2.90. The van der Waals surface area contributed by atoms with Gasteiger partial charge in [-0.2, -0.15) is 0 Å². The number of hydrogen-bond donors (Lipinski definition) is 1. The molecule has 7 heteroatoms. The van der Waals surface area contributed by atoms with E-state index in [1.807, 2.05) is 0 Å². The Morgan fingerprint density at radius 2 is 2.00 bits per heavy atom. The highest BCUT2D eigenvalue weighted by Gasteiger charge is 2.21. The van der Waals surface area contributed by atoms with Gasteiger partial charge in [0.05, 0.1) is 10.5 Å². The number of aliphatic hydroxyl groups excluding tert-OH is 1. The van der Waals surface area contributed by atoms with Crippen LogP contribution in [0.4, 0.5) is 10.5 Å². The van der Waals surface area contributed by atoms with E-state index >= 15 is 0 Å². The van der Waals surface area contributed by atoms with Crippen molar-refractivity contribution in [2.45, 2.75) is 38.7 Å². The number of nitro benzene ring substituents is 1. The highest BCUT2D eigenvalue weighted by molar-refractivity contribution is 8.13. The molecule has 0 saturated heterocycles. The monoisotopic (exact) mass is 327 g/mol. The number of thioether (sulfide) groups is 1.